The van der Waals surface area contributed by atoms with Gasteiger partial charge in [0.1, 0.15) is 0 Å². The molecule has 3 saturated carbocycles. The van der Waals surface area contributed by atoms with Crippen LogP contribution in [-0.4, -0.2) is 44.4 Å². The second kappa shape index (κ2) is 5.29. The van der Waals surface area contributed by atoms with Crippen LogP contribution in [0.1, 0.15) is 46.5 Å². The molecule has 0 aliphatic heterocycles. The molecule has 0 saturated heterocycles. The van der Waals surface area contributed by atoms with Crippen molar-refractivity contribution in [1.29, 1.82) is 0 Å². The average Bonchev–Trinajstić information content (AvgIpc) is 2.79. The summed E-state index contributed by atoms with van der Waals surface area (Å²) in [5.41, 5.74) is -5.51. The van der Waals surface area contributed by atoms with Crippen molar-refractivity contribution < 1.29 is 29.3 Å². The van der Waals surface area contributed by atoms with Gasteiger partial charge in [0.2, 0.25) is 0 Å². The van der Waals surface area contributed by atoms with Crippen LogP contribution < -0.4 is 0 Å². The first-order valence-corrected chi connectivity index (χ1v) is 9.70. The minimum Gasteiger partial charge on any atom is -0.479 e. The van der Waals surface area contributed by atoms with Crippen LogP contribution in [0.4, 0.5) is 4.39 Å². The number of rotatable bonds is 1. The predicted octanol–water partition coefficient (Wildman–Crippen LogP) is 2.42. The Labute approximate surface area is 158 Å². The van der Waals surface area contributed by atoms with E-state index in [1.807, 2.05) is 0 Å². The number of fused-ring (bicyclic) bond motifs is 5. The Balaban J connectivity index is 1.85. The number of aliphatic hydroxyl groups is 2. The number of carbonyl (C=O) groups excluding carboxylic acids is 1. The molecule has 0 aromatic heterocycles. The lowest BCUT2D eigenvalue weighted by atomic mass is 9.45. The predicted molar refractivity (Wildman–Crippen MR) is 95.5 cm³/mol. The number of hydrogen-bond acceptors (Lipinski definition) is 4. The lowest BCUT2D eigenvalue weighted by molar-refractivity contribution is -0.225. The van der Waals surface area contributed by atoms with Crippen LogP contribution in [0, 0.1) is 28.6 Å². The molecule has 3 fully saturated rings. The van der Waals surface area contributed by atoms with Gasteiger partial charge in [0.15, 0.2) is 17.1 Å². The average molecular weight is 378 g/mol. The summed E-state index contributed by atoms with van der Waals surface area (Å²) in [6.45, 7) is 5.10. The summed E-state index contributed by atoms with van der Waals surface area (Å²) >= 11 is 0. The van der Waals surface area contributed by atoms with Gasteiger partial charge in [-0.25, -0.2) is 9.18 Å². The maximum atomic E-state index is 16.8. The van der Waals surface area contributed by atoms with E-state index in [9.17, 15) is 24.9 Å². The van der Waals surface area contributed by atoms with E-state index in [0.717, 1.165) is 0 Å². The van der Waals surface area contributed by atoms with Crippen LogP contribution in [0.2, 0.25) is 0 Å². The molecule has 4 aliphatic rings. The molecule has 5 nitrogen and oxygen atoms in total. The summed E-state index contributed by atoms with van der Waals surface area (Å²) in [4.78, 5) is 23.8. The van der Waals surface area contributed by atoms with E-state index in [0.29, 0.717) is 24.8 Å². The van der Waals surface area contributed by atoms with E-state index in [1.165, 1.54) is 12.2 Å². The summed E-state index contributed by atoms with van der Waals surface area (Å²) in [7, 11) is 0. The van der Waals surface area contributed by atoms with Crippen LogP contribution in [0.25, 0.3) is 0 Å². The maximum absolute atomic E-state index is 16.8. The van der Waals surface area contributed by atoms with E-state index >= 15 is 4.39 Å². The minimum atomic E-state index is -2.00. The fourth-order valence-corrected chi connectivity index (χ4v) is 7.00. The van der Waals surface area contributed by atoms with Crippen molar-refractivity contribution in [1.82, 2.24) is 0 Å². The Morgan fingerprint density at radius 1 is 1.30 bits per heavy atom. The van der Waals surface area contributed by atoms with E-state index in [2.05, 4.69) is 0 Å². The zero-order chi connectivity index (χ0) is 20.0. The number of hydrogen-bond donors (Lipinski definition) is 3. The number of carbonyl (C=O) groups is 2. The molecule has 0 aromatic rings. The fourth-order valence-electron chi connectivity index (χ4n) is 7.00. The molecule has 0 unspecified atom stereocenters. The number of aliphatic hydroxyl groups excluding tert-OH is 1. The van der Waals surface area contributed by atoms with Gasteiger partial charge in [0, 0.05) is 16.7 Å². The normalized spacial score (nSPS) is 54.0. The molecule has 6 heteroatoms. The number of ketones is 1. The summed E-state index contributed by atoms with van der Waals surface area (Å²) in [5.74, 6) is -2.94. The smallest absolute Gasteiger partial charge is 0.336 e. The first kappa shape index (κ1) is 18.8. The number of allylic oxidation sites excluding steroid dienone is 4. The van der Waals surface area contributed by atoms with E-state index in [4.69, 9.17) is 0 Å². The third-order valence-corrected chi connectivity index (χ3v) is 8.55. The van der Waals surface area contributed by atoms with Crippen molar-refractivity contribution in [3.05, 3.63) is 23.8 Å². The van der Waals surface area contributed by atoms with Crippen LogP contribution in [0.3, 0.4) is 0 Å². The monoisotopic (exact) mass is 378 g/mol. The Morgan fingerprint density at radius 3 is 2.59 bits per heavy atom. The molecule has 4 aliphatic carbocycles. The zero-order valence-corrected chi connectivity index (χ0v) is 15.9. The Bertz CT molecular complexity index is 789. The molecule has 0 aromatic carbocycles. The molecular weight excluding hydrogens is 351 g/mol. The number of carboxylic acids is 1. The Morgan fingerprint density at radius 2 is 1.96 bits per heavy atom. The molecular formula is C21H27FO5. The molecule has 8 atom stereocenters. The van der Waals surface area contributed by atoms with Crippen molar-refractivity contribution in [3.8, 4) is 0 Å². The van der Waals surface area contributed by atoms with Gasteiger partial charge >= 0.3 is 5.97 Å². The summed E-state index contributed by atoms with van der Waals surface area (Å²) < 4.78 is 16.8. The molecule has 3 N–H and O–H groups in total. The first-order valence-electron chi connectivity index (χ1n) is 9.70. The van der Waals surface area contributed by atoms with Gasteiger partial charge in [-0.1, -0.05) is 25.5 Å². The Kier molecular flexibility index (Phi) is 3.69. The third kappa shape index (κ3) is 1.91. The molecule has 0 amide bonds. The standard InChI is InChI=1S/C21H27FO5/c1-11-8-15-14-5-4-12-9-13(23)6-7-18(12,2)20(14,22)16(24)10-19(15,3)21(11,27)17(25)26/h6-7,9,11,14-16,24,27H,4-5,8,10H2,1-3H3,(H,25,26)/t11-,14-,15-,16-,18-,19-,20-,21+/m0/s1. The summed E-state index contributed by atoms with van der Waals surface area (Å²) in [6, 6.07) is 0. The van der Waals surface area contributed by atoms with Crippen LogP contribution in [0.5, 0.6) is 0 Å². The van der Waals surface area contributed by atoms with Crippen LogP contribution >= 0.6 is 0 Å². The highest BCUT2D eigenvalue weighted by Gasteiger charge is 2.76. The highest BCUT2D eigenvalue weighted by molar-refractivity contribution is 6.01. The van der Waals surface area contributed by atoms with Gasteiger partial charge in [-0.3, -0.25) is 4.79 Å². The maximum Gasteiger partial charge on any atom is 0.336 e. The second-order valence-electron chi connectivity index (χ2n) is 9.47. The first-order chi connectivity index (χ1) is 12.4. The molecule has 0 bridgehead atoms. The van der Waals surface area contributed by atoms with Crippen LogP contribution in [0.15, 0.2) is 23.8 Å². The second-order valence-corrected chi connectivity index (χ2v) is 9.47. The summed E-state index contributed by atoms with van der Waals surface area (Å²) in [6.07, 6.45) is 4.22. The summed E-state index contributed by atoms with van der Waals surface area (Å²) in [5, 5.41) is 31.9. The molecule has 148 valence electrons. The van der Waals surface area contributed by atoms with Gasteiger partial charge in [-0.2, -0.15) is 0 Å². The van der Waals surface area contributed by atoms with Gasteiger partial charge in [0.25, 0.3) is 0 Å². The number of alkyl halides is 1. The highest BCUT2D eigenvalue weighted by Crippen LogP contribution is 2.70. The van der Waals surface area contributed by atoms with Gasteiger partial charge < -0.3 is 15.3 Å². The van der Waals surface area contributed by atoms with Gasteiger partial charge in [0.05, 0.1) is 6.10 Å². The SMILES string of the molecule is C[C@H]1C[C@H]2[C@@H]3CCC4=CC(=O)C=C[C@]4(C)[C@@]3(F)[C@@H](O)C[C@]2(C)[C@]1(O)C(=O)O. The molecule has 0 spiro atoms. The fraction of sp³-hybridized carbons (Fsp3) is 0.714. The molecule has 27 heavy (non-hydrogen) atoms. The van der Waals surface area contributed by atoms with Crippen LogP contribution in [-0.2, 0) is 9.59 Å². The number of halogens is 1. The topological polar surface area (TPSA) is 94.8 Å². The highest BCUT2D eigenvalue weighted by atomic mass is 19.1. The lowest BCUT2D eigenvalue weighted by Crippen LogP contribution is -2.69. The zero-order valence-electron chi connectivity index (χ0n) is 15.9. The number of aliphatic carboxylic acids is 1. The van der Waals surface area contributed by atoms with Gasteiger partial charge in [-0.05, 0) is 56.6 Å². The molecule has 0 heterocycles. The van der Waals surface area contributed by atoms with Crippen molar-refractivity contribution >= 4 is 11.8 Å². The van der Waals surface area contributed by atoms with E-state index < -0.39 is 46.0 Å². The largest absolute Gasteiger partial charge is 0.479 e. The number of carboxylic acid groups (broad SMARTS) is 1. The van der Waals surface area contributed by atoms with Crippen molar-refractivity contribution in [3.63, 3.8) is 0 Å². The minimum absolute atomic E-state index is 0.123. The molecule has 0 radical (unpaired) electrons. The van der Waals surface area contributed by atoms with E-state index in [-0.39, 0.29) is 18.1 Å². The quantitative estimate of drug-likeness (QED) is 0.651. The third-order valence-electron chi connectivity index (χ3n) is 8.55. The lowest BCUT2D eigenvalue weighted by Gasteiger charge is -2.62. The Hall–Kier alpha value is -1.53. The van der Waals surface area contributed by atoms with Crippen molar-refractivity contribution in [2.24, 2.45) is 28.6 Å². The van der Waals surface area contributed by atoms with Crippen molar-refractivity contribution in [2.75, 3.05) is 0 Å². The van der Waals surface area contributed by atoms with E-state index in [1.54, 1.807) is 26.8 Å². The van der Waals surface area contributed by atoms with Gasteiger partial charge in [-0.15, -0.1) is 0 Å². The van der Waals surface area contributed by atoms with Crippen molar-refractivity contribution in [2.45, 2.75) is 63.8 Å². The molecule has 4 rings (SSSR count).